The van der Waals surface area contributed by atoms with Crippen molar-refractivity contribution in [3.05, 3.63) is 15.9 Å². The molecule has 70 valence electrons. The summed E-state index contributed by atoms with van der Waals surface area (Å²) >= 11 is -0.349. The van der Waals surface area contributed by atoms with Gasteiger partial charge in [-0.05, 0) is 0 Å². The Bertz CT molecular complexity index is 445. The normalized spacial score (nSPS) is 10.9. The van der Waals surface area contributed by atoms with Crippen molar-refractivity contribution in [3.8, 4) is 6.07 Å². The first kappa shape index (κ1) is 9.60. The number of rotatable bonds is 0. The Morgan fingerprint density at radius 3 is 2.38 bits per heavy atom. The number of H-pyrrole nitrogens is 2. The molecule has 4 nitrogen and oxygen atoms in total. The fourth-order valence-electron chi connectivity index (χ4n) is 0.775. The molecular formula is C5H2F3N3OS. The van der Waals surface area contributed by atoms with Crippen LogP contribution in [0.15, 0.2) is 0 Å². The van der Waals surface area contributed by atoms with Crippen LogP contribution < -0.4 is 0 Å². The van der Waals surface area contributed by atoms with Gasteiger partial charge in [0.15, 0.2) is 4.64 Å². The van der Waals surface area contributed by atoms with Crippen molar-refractivity contribution in [2.45, 2.75) is 6.18 Å². The maximum absolute atomic E-state index is 12.2. The van der Waals surface area contributed by atoms with E-state index >= 15 is 0 Å². The number of nitriles is 1. The minimum absolute atomic E-state index is 0.349. The molecule has 13 heavy (non-hydrogen) atoms. The van der Waals surface area contributed by atoms with Gasteiger partial charge in [-0.3, -0.25) is 10.2 Å². The topological polar surface area (TPSA) is 72.4 Å². The van der Waals surface area contributed by atoms with Crippen LogP contribution in [-0.4, -0.2) is 14.4 Å². The van der Waals surface area contributed by atoms with E-state index in [1.807, 2.05) is 10.2 Å². The molecule has 0 aliphatic heterocycles. The Labute approximate surface area is 73.1 Å². The molecule has 0 spiro atoms. The second-order valence-electron chi connectivity index (χ2n) is 2.02. The summed E-state index contributed by atoms with van der Waals surface area (Å²) in [6.07, 6.45) is -4.70. The summed E-state index contributed by atoms with van der Waals surface area (Å²) < 4.78 is 46.1. The van der Waals surface area contributed by atoms with Gasteiger partial charge in [-0.1, -0.05) is 0 Å². The van der Waals surface area contributed by atoms with E-state index in [0.29, 0.717) is 0 Å². The molecule has 0 amide bonds. The van der Waals surface area contributed by atoms with E-state index in [1.54, 1.807) is 0 Å². The zero-order valence-electron chi connectivity index (χ0n) is 5.90. The van der Waals surface area contributed by atoms with Gasteiger partial charge in [0, 0.05) is 0 Å². The highest BCUT2D eigenvalue weighted by atomic mass is 32.1. The molecule has 1 rings (SSSR count). The van der Waals surface area contributed by atoms with E-state index in [0.717, 1.165) is 0 Å². The lowest BCUT2D eigenvalue weighted by atomic mass is 10.2. The summed E-state index contributed by atoms with van der Waals surface area (Å²) in [4.78, 5) is 0. The van der Waals surface area contributed by atoms with Gasteiger partial charge in [-0.15, -0.1) is 0 Å². The SMILES string of the molecule is N#Cc1[nH][nH]c(=S=O)c1C(F)(F)F. The Kier molecular flexibility index (Phi) is 2.29. The van der Waals surface area contributed by atoms with Crippen LogP contribution in [-0.2, 0) is 17.4 Å². The molecule has 2 N–H and O–H groups in total. The van der Waals surface area contributed by atoms with Crippen molar-refractivity contribution < 1.29 is 17.4 Å². The van der Waals surface area contributed by atoms with E-state index in [4.69, 9.17) is 5.26 Å². The van der Waals surface area contributed by atoms with Gasteiger partial charge in [-0.25, -0.2) is 4.21 Å². The van der Waals surface area contributed by atoms with E-state index < -0.39 is 22.1 Å². The van der Waals surface area contributed by atoms with Crippen LogP contribution >= 0.6 is 0 Å². The number of halogens is 3. The maximum Gasteiger partial charge on any atom is 0.422 e. The summed E-state index contributed by atoms with van der Waals surface area (Å²) in [6.45, 7) is 0. The van der Waals surface area contributed by atoms with Gasteiger partial charge in [-0.2, -0.15) is 18.4 Å². The van der Waals surface area contributed by atoms with Gasteiger partial charge < -0.3 is 0 Å². The van der Waals surface area contributed by atoms with Crippen molar-refractivity contribution in [1.29, 1.82) is 5.26 Å². The number of nitrogens with one attached hydrogen (secondary N) is 2. The summed E-state index contributed by atoms with van der Waals surface area (Å²) in [6, 6.07) is 1.30. The molecule has 1 heterocycles. The van der Waals surface area contributed by atoms with E-state index in [1.165, 1.54) is 6.07 Å². The number of hydrogen-bond donors (Lipinski definition) is 2. The smallest absolute Gasteiger partial charge is 0.289 e. The van der Waals surface area contributed by atoms with Crippen molar-refractivity contribution in [2.75, 3.05) is 0 Å². The number of aromatic amines is 2. The molecule has 0 aromatic carbocycles. The van der Waals surface area contributed by atoms with Crippen molar-refractivity contribution in [2.24, 2.45) is 0 Å². The Morgan fingerprint density at radius 2 is 2.00 bits per heavy atom. The monoisotopic (exact) mass is 209 g/mol. The van der Waals surface area contributed by atoms with Crippen LogP contribution in [0.4, 0.5) is 13.2 Å². The first-order valence-corrected chi connectivity index (χ1v) is 3.65. The molecule has 0 fully saturated rings. The first-order chi connectivity index (χ1) is 6.00. The summed E-state index contributed by atoms with van der Waals surface area (Å²) in [5, 5.41) is 12.2. The second kappa shape index (κ2) is 3.10. The lowest BCUT2D eigenvalue weighted by Crippen LogP contribution is -2.06. The predicted molar refractivity (Wildman–Crippen MR) is 36.2 cm³/mol. The Hall–Kier alpha value is -1.49. The van der Waals surface area contributed by atoms with Gasteiger partial charge in [0.1, 0.15) is 28.6 Å². The van der Waals surface area contributed by atoms with Crippen molar-refractivity contribution in [1.82, 2.24) is 10.2 Å². The van der Waals surface area contributed by atoms with Crippen molar-refractivity contribution >= 4 is 11.3 Å². The summed E-state index contributed by atoms with van der Waals surface area (Å²) in [5.41, 5.74) is -1.93. The molecule has 0 unspecified atom stereocenters. The fourth-order valence-corrected chi connectivity index (χ4v) is 1.17. The third kappa shape index (κ3) is 1.65. The highest BCUT2D eigenvalue weighted by molar-refractivity contribution is 7.56. The lowest BCUT2D eigenvalue weighted by molar-refractivity contribution is -0.138. The molecule has 1 aromatic heterocycles. The van der Waals surface area contributed by atoms with Gasteiger partial charge >= 0.3 is 6.18 Å². The van der Waals surface area contributed by atoms with Gasteiger partial charge in [0.25, 0.3) is 0 Å². The second-order valence-corrected chi connectivity index (χ2v) is 2.60. The lowest BCUT2D eigenvalue weighted by Gasteiger charge is -2.01. The average Bonchev–Trinajstić information content (AvgIpc) is 2.45. The Balaban J connectivity index is 3.60. The molecular weight excluding hydrogens is 207 g/mol. The minimum atomic E-state index is -4.70. The zero-order valence-corrected chi connectivity index (χ0v) is 6.71. The van der Waals surface area contributed by atoms with Crippen molar-refractivity contribution in [3.63, 3.8) is 0 Å². The molecule has 0 bridgehead atoms. The maximum atomic E-state index is 12.2. The zero-order chi connectivity index (χ0) is 10.1. The molecule has 0 radical (unpaired) electrons. The number of hydrogen-bond acceptors (Lipinski definition) is 2. The first-order valence-electron chi connectivity index (χ1n) is 2.91. The summed E-state index contributed by atoms with van der Waals surface area (Å²) in [7, 11) is 0. The van der Waals surface area contributed by atoms with E-state index in [2.05, 4.69) is 0 Å². The van der Waals surface area contributed by atoms with Gasteiger partial charge in [0.05, 0.1) is 0 Å². The van der Waals surface area contributed by atoms with Gasteiger partial charge in [0.2, 0.25) is 0 Å². The predicted octanol–water partition coefficient (Wildman–Crippen LogP) is 0.978. The van der Waals surface area contributed by atoms with E-state index in [-0.39, 0.29) is 11.3 Å². The molecule has 0 aliphatic carbocycles. The molecule has 8 heteroatoms. The molecule has 1 aromatic rings. The van der Waals surface area contributed by atoms with Crippen LogP contribution in [0.3, 0.4) is 0 Å². The number of aromatic nitrogens is 2. The van der Waals surface area contributed by atoms with Crippen LogP contribution in [0.25, 0.3) is 0 Å². The molecule has 0 saturated heterocycles. The highest BCUT2D eigenvalue weighted by Gasteiger charge is 2.37. The highest BCUT2D eigenvalue weighted by Crippen LogP contribution is 2.31. The van der Waals surface area contributed by atoms with Crippen LogP contribution in [0.2, 0.25) is 0 Å². The molecule has 0 aliphatic rings. The number of nitrogens with zero attached hydrogens (tertiary/aromatic N) is 1. The summed E-state index contributed by atoms with van der Waals surface area (Å²) in [5.74, 6) is 0. The largest absolute Gasteiger partial charge is 0.422 e. The molecule has 0 saturated carbocycles. The minimum Gasteiger partial charge on any atom is -0.289 e. The fraction of sp³-hybridized carbons (Fsp3) is 0.200. The van der Waals surface area contributed by atoms with E-state index in [9.17, 15) is 17.4 Å². The Morgan fingerprint density at radius 1 is 1.38 bits per heavy atom. The van der Waals surface area contributed by atoms with Crippen LogP contribution in [0.5, 0.6) is 0 Å². The average molecular weight is 209 g/mol. The number of alkyl halides is 3. The van der Waals surface area contributed by atoms with Crippen LogP contribution in [0.1, 0.15) is 11.3 Å². The standard InChI is InChI=1S/C5H2F3N3OS/c6-5(7,8)3-2(1-9)10-11-4(3)13-12/h10-11H. The van der Waals surface area contributed by atoms with Crippen LogP contribution in [0, 0.1) is 16.0 Å². The quantitative estimate of drug-likeness (QED) is 0.625. The third-order valence-electron chi connectivity index (χ3n) is 1.26. The molecule has 0 atom stereocenters. The third-order valence-corrected chi connectivity index (χ3v) is 1.73.